The van der Waals surface area contributed by atoms with Gasteiger partial charge in [-0.15, -0.1) is 0 Å². The number of hydrogen-bond acceptors (Lipinski definition) is 5. The van der Waals surface area contributed by atoms with E-state index in [1.807, 2.05) is 6.92 Å². The van der Waals surface area contributed by atoms with Crippen LogP contribution in [0.2, 0.25) is 0 Å². The van der Waals surface area contributed by atoms with E-state index in [2.05, 4.69) is 0 Å². The summed E-state index contributed by atoms with van der Waals surface area (Å²) in [5.74, 6) is -0.405. The zero-order valence-electron chi connectivity index (χ0n) is 10.6. The van der Waals surface area contributed by atoms with Gasteiger partial charge in [0.15, 0.2) is 11.5 Å². The number of anilines is 1. The lowest BCUT2D eigenvalue weighted by molar-refractivity contribution is -0.134. The van der Waals surface area contributed by atoms with Crippen LogP contribution in [0.5, 0.6) is 11.5 Å². The van der Waals surface area contributed by atoms with Gasteiger partial charge in [-0.2, -0.15) is 0 Å². The van der Waals surface area contributed by atoms with E-state index in [1.165, 1.54) is 6.92 Å². The average molecular weight is 251 g/mol. The monoisotopic (exact) mass is 251 g/mol. The zero-order chi connectivity index (χ0) is 13.5. The van der Waals surface area contributed by atoms with Gasteiger partial charge in [0, 0.05) is 13.3 Å². The number of para-hydroxylation sites is 1. The van der Waals surface area contributed by atoms with Crippen LogP contribution in [0, 0.1) is 0 Å². The quantitative estimate of drug-likeness (QED) is 0.493. The first-order valence-electron chi connectivity index (χ1n) is 5.82. The molecule has 5 nitrogen and oxygen atoms in total. The summed E-state index contributed by atoms with van der Waals surface area (Å²) in [6, 6.07) is 4.71. The maximum Gasteiger partial charge on any atom is 0.311 e. The first-order chi connectivity index (χ1) is 8.54. The lowest BCUT2D eigenvalue weighted by Crippen LogP contribution is -2.10. The summed E-state index contributed by atoms with van der Waals surface area (Å²) < 4.78 is 10.0. The van der Waals surface area contributed by atoms with Gasteiger partial charge in [0.1, 0.15) is 5.69 Å². The molecule has 5 heteroatoms. The largest absolute Gasteiger partial charge is 0.424 e. The Bertz CT molecular complexity index is 443. The van der Waals surface area contributed by atoms with Gasteiger partial charge in [0.2, 0.25) is 0 Å². The van der Waals surface area contributed by atoms with Gasteiger partial charge in [0.05, 0.1) is 0 Å². The molecule has 0 spiro atoms. The van der Waals surface area contributed by atoms with Gasteiger partial charge in [-0.3, -0.25) is 9.59 Å². The molecule has 1 aromatic carbocycles. The minimum atomic E-state index is -0.476. The molecule has 98 valence electrons. The summed E-state index contributed by atoms with van der Waals surface area (Å²) in [4.78, 5) is 22.3. The molecule has 0 amide bonds. The van der Waals surface area contributed by atoms with Crippen LogP contribution in [0.25, 0.3) is 0 Å². The minimum absolute atomic E-state index is 0.151. The molecule has 0 saturated heterocycles. The molecule has 0 atom stereocenters. The number of hydrogen-bond donors (Lipinski definition) is 1. The molecule has 0 bridgehead atoms. The summed E-state index contributed by atoms with van der Waals surface area (Å²) in [6.07, 6.45) is 2.02. The third-order valence-corrected chi connectivity index (χ3v) is 2.24. The lowest BCUT2D eigenvalue weighted by Gasteiger charge is -2.10. The molecule has 0 radical (unpaired) electrons. The number of rotatable bonds is 5. The molecule has 0 saturated carbocycles. The second kappa shape index (κ2) is 6.64. The van der Waals surface area contributed by atoms with E-state index in [-0.39, 0.29) is 23.2 Å². The Morgan fingerprint density at radius 3 is 2.39 bits per heavy atom. The van der Waals surface area contributed by atoms with Gasteiger partial charge in [0.25, 0.3) is 0 Å². The molecule has 2 N–H and O–H groups in total. The highest BCUT2D eigenvalue weighted by atomic mass is 16.5. The molecule has 0 heterocycles. The Morgan fingerprint density at radius 1 is 1.22 bits per heavy atom. The Kier molecular flexibility index (Phi) is 5.17. The predicted molar refractivity (Wildman–Crippen MR) is 67.3 cm³/mol. The molecule has 0 unspecified atom stereocenters. The van der Waals surface area contributed by atoms with E-state index in [0.29, 0.717) is 6.42 Å². The highest BCUT2D eigenvalue weighted by molar-refractivity contribution is 5.78. The van der Waals surface area contributed by atoms with Crippen LogP contribution < -0.4 is 15.2 Å². The van der Waals surface area contributed by atoms with Gasteiger partial charge in [-0.25, -0.2) is 0 Å². The van der Waals surface area contributed by atoms with E-state index < -0.39 is 5.97 Å². The molecule has 0 aliphatic rings. The molecule has 1 rings (SSSR count). The number of benzene rings is 1. The fraction of sp³-hybridized carbons (Fsp3) is 0.385. The third kappa shape index (κ3) is 4.08. The number of ether oxygens (including phenoxy) is 2. The van der Waals surface area contributed by atoms with E-state index >= 15 is 0 Å². The smallest absolute Gasteiger partial charge is 0.311 e. The number of carbonyl (C=O) groups is 2. The molecule has 0 aromatic heterocycles. The van der Waals surface area contributed by atoms with Crippen molar-refractivity contribution in [1.29, 1.82) is 0 Å². The average Bonchev–Trinajstić information content (AvgIpc) is 2.31. The van der Waals surface area contributed by atoms with Crippen LogP contribution >= 0.6 is 0 Å². The van der Waals surface area contributed by atoms with Crippen molar-refractivity contribution in [1.82, 2.24) is 0 Å². The third-order valence-electron chi connectivity index (χ3n) is 2.24. The fourth-order valence-corrected chi connectivity index (χ4v) is 1.35. The number of nitrogen functional groups attached to an aromatic ring is 1. The van der Waals surface area contributed by atoms with Crippen molar-refractivity contribution in [3.05, 3.63) is 18.2 Å². The number of unbranched alkanes of at least 4 members (excludes halogenated alkanes) is 1. The van der Waals surface area contributed by atoms with E-state index in [9.17, 15) is 9.59 Å². The molecular weight excluding hydrogens is 234 g/mol. The van der Waals surface area contributed by atoms with Crippen LogP contribution in [-0.2, 0) is 9.59 Å². The summed E-state index contributed by atoms with van der Waals surface area (Å²) in [6.45, 7) is 3.27. The maximum atomic E-state index is 11.5. The van der Waals surface area contributed by atoms with Crippen LogP contribution in [0.1, 0.15) is 33.1 Å². The zero-order valence-corrected chi connectivity index (χ0v) is 10.6. The van der Waals surface area contributed by atoms with Crippen LogP contribution in [0.3, 0.4) is 0 Å². The highest BCUT2D eigenvalue weighted by Gasteiger charge is 2.12. The van der Waals surface area contributed by atoms with E-state index in [1.54, 1.807) is 18.2 Å². The molecule has 0 aliphatic carbocycles. The van der Waals surface area contributed by atoms with Crippen molar-refractivity contribution in [3.8, 4) is 11.5 Å². The Morgan fingerprint density at radius 2 is 1.83 bits per heavy atom. The van der Waals surface area contributed by atoms with Crippen LogP contribution in [0.4, 0.5) is 5.69 Å². The molecule has 1 aromatic rings. The standard InChI is InChI=1S/C13H17NO4/c1-3-4-8-12(16)18-11-7-5-6-10(13(11)14)17-9(2)15/h5-7H,3-4,8,14H2,1-2H3. The Balaban J connectivity index is 2.77. The Hall–Kier alpha value is -2.04. The molecule has 0 aliphatic heterocycles. The van der Waals surface area contributed by atoms with Crippen molar-refractivity contribution in [2.45, 2.75) is 33.1 Å². The van der Waals surface area contributed by atoms with Gasteiger partial charge < -0.3 is 15.2 Å². The SMILES string of the molecule is CCCCC(=O)Oc1cccc(OC(C)=O)c1N. The first kappa shape index (κ1) is 14.0. The van der Waals surface area contributed by atoms with Gasteiger partial charge in [-0.05, 0) is 18.6 Å². The van der Waals surface area contributed by atoms with Gasteiger partial charge in [-0.1, -0.05) is 19.4 Å². The predicted octanol–water partition coefficient (Wildman–Crippen LogP) is 2.29. The number of carbonyl (C=O) groups excluding carboxylic acids is 2. The lowest BCUT2D eigenvalue weighted by atomic mass is 10.2. The summed E-state index contributed by atoms with van der Waals surface area (Å²) in [5.41, 5.74) is 5.90. The van der Waals surface area contributed by atoms with Crippen molar-refractivity contribution in [2.24, 2.45) is 0 Å². The van der Waals surface area contributed by atoms with Crippen molar-refractivity contribution < 1.29 is 19.1 Å². The van der Waals surface area contributed by atoms with E-state index in [0.717, 1.165) is 12.8 Å². The van der Waals surface area contributed by atoms with E-state index in [4.69, 9.17) is 15.2 Å². The number of esters is 2. The maximum absolute atomic E-state index is 11.5. The second-order valence-electron chi connectivity index (χ2n) is 3.84. The highest BCUT2D eigenvalue weighted by Crippen LogP contribution is 2.31. The van der Waals surface area contributed by atoms with Crippen LogP contribution in [-0.4, -0.2) is 11.9 Å². The fourth-order valence-electron chi connectivity index (χ4n) is 1.35. The topological polar surface area (TPSA) is 78.6 Å². The van der Waals surface area contributed by atoms with Crippen molar-refractivity contribution in [2.75, 3.05) is 5.73 Å². The number of nitrogens with two attached hydrogens (primary N) is 1. The second-order valence-corrected chi connectivity index (χ2v) is 3.84. The normalized spacial score (nSPS) is 9.89. The molecule has 18 heavy (non-hydrogen) atoms. The molecule has 0 fully saturated rings. The summed E-state index contributed by atoms with van der Waals surface area (Å²) >= 11 is 0. The first-order valence-corrected chi connectivity index (χ1v) is 5.82. The van der Waals surface area contributed by atoms with Crippen molar-refractivity contribution in [3.63, 3.8) is 0 Å². The summed E-state index contributed by atoms with van der Waals surface area (Å²) in [5, 5.41) is 0. The minimum Gasteiger partial charge on any atom is -0.424 e. The Labute approximate surface area is 106 Å². The van der Waals surface area contributed by atoms with Crippen LogP contribution in [0.15, 0.2) is 18.2 Å². The molecular formula is C13H17NO4. The summed E-state index contributed by atoms with van der Waals surface area (Å²) in [7, 11) is 0. The van der Waals surface area contributed by atoms with Gasteiger partial charge >= 0.3 is 11.9 Å². The van der Waals surface area contributed by atoms with Crippen molar-refractivity contribution >= 4 is 17.6 Å².